The molecule has 1 N–H and O–H groups in total. The van der Waals surface area contributed by atoms with Gasteiger partial charge in [-0.25, -0.2) is 0 Å². The van der Waals surface area contributed by atoms with Crippen LogP contribution in [0.3, 0.4) is 0 Å². The van der Waals surface area contributed by atoms with Crippen LogP contribution >= 0.6 is 0 Å². The second kappa shape index (κ2) is 5.55. The predicted molar refractivity (Wildman–Crippen MR) is 69.8 cm³/mol. The van der Waals surface area contributed by atoms with Crippen molar-refractivity contribution in [1.29, 1.82) is 0 Å². The quantitative estimate of drug-likeness (QED) is 0.768. The van der Waals surface area contributed by atoms with Gasteiger partial charge < -0.3 is 10.2 Å². The molecule has 18 heavy (non-hydrogen) atoms. The van der Waals surface area contributed by atoms with Crippen LogP contribution in [0.4, 0.5) is 0 Å². The molecule has 1 heterocycles. The smallest absolute Gasteiger partial charge is 0.243 e. The second-order valence-corrected chi connectivity index (χ2v) is 5.60. The fourth-order valence-electron chi connectivity index (χ4n) is 2.84. The molecule has 4 heteroatoms. The third-order valence-electron chi connectivity index (χ3n) is 3.80. The molecule has 1 aliphatic heterocycles. The zero-order chi connectivity index (χ0) is 13.1. The summed E-state index contributed by atoms with van der Waals surface area (Å²) in [5.41, 5.74) is 0. The number of allylic oxidation sites excluding steroid dienone is 2. The molecule has 0 radical (unpaired) electrons. The zero-order valence-corrected chi connectivity index (χ0v) is 11.2. The van der Waals surface area contributed by atoms with Crippen molar-refractivity contribution in [3.8, 4) is 0 Å². The summed E-state index contributed by atoms with van der Waals surface area (Å²) in [7, 11) is 0. The van der Waals surface area contributed by atoms with Crippen LogP contribution in [-0.2, 0) is 9.59 Å². The largest absolute Gasteiger partial charge is 0.345 e. The number of amides is 2. The molecule has 0 aromatic heterocycles. The highest BCUT2D eigenvalue weighted by Gasteiger charge is 2.37. The first-order chi connectivity index (χ1) is 8.59. The Morgan fingerprint density at radius 3 is 2.78 bits per heavy atom. The van der Waals surface area contributed by atoms with E-state index in [1.807, 2.05) is 13.8 Å². The summed E-state index contributed by atoms with van der Waals surface area (Å²) in [6.45, 7) is 4.87. The Bertz CT molecular complexity index is 363. The lowest BCUT2D eigenvalue weighted by Crippen LogP contribution is -2.61. The molecular formula is C14H22N2O2. The van der Waals surface area contributed by atoms with Crippen LogP contribution < -0.4 is 5.32 Å². The van der Waals surface area contributed by atoms with Gasteiger partial charge in [0.15, 0.2) is 0 Å². The third kappa shape index (κ3) is 2.74. The third-order valence-corrected chi connectivity index (χ3v) is 3.80. The molecule has 0 bridgehead atoms. The van der Waals surface area contributed by atoms with E-state index in [4.69, 9.17) is 0 Å². The number of nitrogens with one attached hydrogen (secondary N) is 1. The Morgan fingerprint density at radius 1 is 1.39 bits per heavy atom. The molecule has 0 aromatic carbocycles. The van der Waals surface area contributed by atoms with E-state index >= 15 is 0 Å². The summed E-state index contributed by atoms with van der Waals surface area (Å²) < 4.78 is 0. The first-order valence-electron chi connectivity index (χ1n) is 6.81. The fraction of sp³-hybridized carbons (Fsp3) is 0.714. The lowest BCUT2D eigenvalue weighted by molar-refractivity contribution is -0.148. The minimum Gasteiger partial charge on any atom is -0.345 e. The van der Waals surface area contributed by atoms with E-state index in [0.29, 0.717) is 5.92 Å². The van der Waals surface area contributed by atoms with E-state index < -0.39 is 0 Å². The number of rotatable bonds is 3. The first-order valence-corrected chi connectivity index (χ1v) is 6.81. The van der Waals surface area contributed by atoms with E-state index in [-0.39, 0.29) is 30.3 Å². The van der Waals surface area contributed by atoms with Crippen molar-refractivity contribution in [3.63, 3.8) is 0 Å². The monoisotopic (exact) mass is 250 g/mol. The lowest BCUT2D eigenvalue weighted by atomic mass is 9.91. The molecule has 2 rings (SSSR count). The number of hydrogen-bond acceptors (Lipinski definition) is 2. The molecule has 1 aliphatic carbocycles. The van der Waals surface area contributed by atoms with Gasteiger partial charge in [0.25, 0.3) is 0 Å². The van der Waals surface area contributed by atoms with E-state index in [1.165, 1.54) is 0 Å². The second-order valence-electron chi connectivity index (χ2n) is 5.60. The van der Waals surface area contributed by atoms with Crippen molar-refractivity contribution in [1.82, 2.24) is 10.2 Å². The van der Waals surface area contributed by atoms with Crippen molar-refractivity contribution in [3.05, 3.63) is 12.2 Å². The van der Waals surface area contributed by atoms with E-state index in [1.54, 1.807) is 4.90 Å². The molecule has 0 spiro atoms. The zero-order valence-electron chi connectivity index (χ0n) is 11.2. The highest BCUT2D eigenvalue weighted by atomic mass is 16.2. The fourth-order valence-corrected chi connectivity index (χ4v) is 2.84. The maximum atomic E-state index is 12.0. The standard InChI is InChI=1S/C14H22N2O2/c1-10(2)13-14(18)15-8-12(17)16(13)9-11-6-4-3-5-7-11/h3-4,10-11,13H,5-9H2,1-2H3,(H,15,18). The van der Waals surface area contributed by atoms with Crippen LogP contribution in [0, 0.1) is 11.8 Å². The van der Waals surface area contributed by atoms with Gasteiger partial charge in [0.2, 0.25) is 11.8 Å². The van der Waals surface area contributed by atoms with Gasteiger partial charge in [0, 0.05) is 6.54 Å². The van der Waals surface area contributed by atoms with Crippen LogP contribution in [0.15, 0.2) is 12.2 Å². The van der Waals surface area contributed by atoms with Gasteiger partial charge in [-0.1, -0.05) is 26.0 Å². The summed E-state index contributed by atoms with van der Waals surface area (Å²) in [6.07, 6.45) is 7.61. The summed E-state index contributed by atoms with van der Waals surface area (Å²) in [5.74, 6) is 0.721. The molecule has 1 fully saturated rings. The molecule has 0 saturated carbocycles. The minimum absolute atomic E-state index is 0.00375. The van der Waals surface area contributed by atoms with Crippen molar-refractivity contribution >= 4 is 11.8 Å². The van der Waals surface area contributed by atoms with Crippen molar-refractivity contribution in [2.24, 2.45) is 11.8 Å². The van der Waals surface area contributed by atoms with Crippen molar-refractivity contribution < 1.29 is 9.59 Å². The highest BCUT2D eigenvalue weighted by molar-refractivity contribution is 5.94. The van der Waals surface area contributed by atoms with Crippen LogP contribution in [-0.4, -0.2) is 35.8 Å². The number of hydrogen-bond donors (Lipinski definition) is 1. The Labute approximate surface area is 108 Å². The predicted octanol–water partition coefficient (Wildman–Crippen LogP) is 1.33. The topological polar surface area (TPSA) is 49.4 Å². The molecule has 4 nitrogen and oxygen atoms in total. The molecule has 2 amide bonds. The molecule has 2 atom stereocenters. The Morgan fingerprint density at radius 2 is 2.17 bits per heavy atom. The summed E-state index contributed by atoms with van der Waals surface area (Å²) >= 11 is 0. The van der Waals surface area contributed by atoms with Crippen LogP contribution in [0.1, 0.15) is 33.1 Å². The maximum absolute atomic E-state index is 12.0. The SMILES string of the molecule is CC(C)C1C(=O)NCC(=O)N1CC1CC=CCC1. The molecule has 100 valence electrons. The normalized spacial score (nSPS) is 28.7. The minimum atomic E-state index is -0.294. The van der Waals surface area contributed by atoms with Gasteiger partial charge in [-0.3, -0.25) is 9.59 Å². The van der Waals surface area contributed by atoms with Gasteiger partial charge in [-0.2, -0.15) is 0 Å². The van der Waals surface area contributed by atoms with Crippen LogP contribution in [0.2, 0.25) is 0 Å². The number of carbonyl (C=O) groups excluding carboxylic acids is 2. The molecular weight excluding hydrogens is 228 g/mol. The molecule has 0 aromatic rings. The number of nitrogens with zero attached hydrogens (tertiary/aromatic N) is 1. The van der Waals surface area contributed by atoms with Gasteiger partial charge in [0.1, 0.15) is 6.04 Å². The Hall–Kier alpha value is -1.32. The van der Waals surface area contributed by atoms with Crippen LogP contribution in [0.25, 0.3) is 0 Å². The van der Waals surface area contributed by atoms with Crippen molar-refractivity contribution in [2.45, 2.75) is 39.2 Å². The van der Waals surface area contributed by atoms with Gasteiger partial charge >= 0.3 is 0 Å². The number of carbonyl (C=O) groups is 2. The lowest BCUT2D eigenvalue weighted by Gasteiger charge is -2.39. The van der Waals surface area contributed by atoms with E-state index in [9.17, 15) is 9.59 Å². The van der Waals surface area contributed by atoms with Crippen molar-refractivity contribution in [2.75, 3.05) is 13.1 Å². The molecule has 1 saturated heterocycles. The Kier molecular flexibility index (Phi) is 4.04. The average molecular weight is 250 g/mol. The maximum Gasteiger partial charge on any atom is 0.243 e. The van der Waals surface area contributed by atoms with Crippen LogP contribution in [0.5, 0.6) is 0 Å². The summed E-state index contributed by atoms with van der Waals surface area (Å²) in [6, 6.07) is -0.294. The average Bonchev–Trinajstić information content (AvgIpc) is 2.35. The van der Waals surface area contributed by atoms with Gasteiger partial charge in [-0.15, -0.1) is 0 Å². The Balaban J connectivity index is 2.07. The number of piperazine rings is 1. The van der Waals surface area contributed by atoms with E-state index in [0.717, 1.165) is 25.8 Å². The first kappa shape index (κ1) is 13.1. The van der Waals surface area contributed by atoms with Gasteiger partial charge in [0.05, 0.1) is 6.54 Å². The van der Waals surface area contributed by atoms with E-state index in [2.05, 4.69) is 17.5 Å². The molecule has 2 unspecified atom stereocenters. The molecule has 2 aliphatic rings. The summed E-state index contributed by atoms with van der Waals surface area (Å²) in [5, 5.41) is 2.69. The summed E-state index contributed by atoms with van der Waals surface area (Å²) in [4.78, 5) is 25.7. The van der Waals surface area contributed by atoms with Gasteiger partial charge in [-0.05, 0) is 31.1 Å². The highest BCUT2D eigenvalue weighted by Crippen LogP contribution is 2.23.